The first-order valence-corrected chi connectivity index (χ1v) is 9.57. The fourth-order valence-electron chi connectivity index (χ4n) is 3.57. The quantitative estimate of drug-likeness (QED) is 0.364. The van der Waals surface area contributed by atoms with E-state index >= 15 is 0 Å². The lowest BCUT2D eigenvalue weighted by Crippen LogP contribution is -2.29. The molecule has 0 saturated heterocycles. The van der Waals surface area contributed by atoms with E-state index < -0.39 is 28.1 Å². The van der Waals surface area contributed by atoms with E-state index in [9.17, 15) is 24.1 Å². The van der Waals surface area contributed by atoms with Gasteiger partial charge in [-0.3, -0.25) is 24.6 Å². The molecule has 0 radical (unpaired) electrons. The van der Waals surface area contributed by atoms with Crippen LogP contribution in [0, 0.1) is 15.9 Å². The summed E-state index contributed by atoms with van der Waals surface area (Å²) in [6, 6.07) is 8.12. The fraction of sp³-hybridized carbons (Fsp3) is 0.0500. The second-order valence-electron chi connectivity index (χ2n) is 6.56. The normalized spacial score (nSPS) is 15.6. The van der Waals surface area contributed by atoms with Crippen LogP contribution in [0.5, 0.6) is 0 Å². The van der Waals surface area contributed by atoms with E-state index in [-0.39, 0.29) is 28.0 Å². The van der Waals surface area contributed by atoms with Gasteiger partial charge in [-0.2, -0.15) is 0 Å². The molecule has 0 saturated carbocycles. The molecule has 0 aliphatic carbocycles. The Morgan fingerprint density at radius 2 is 1.93 bits per heavy atom. The predicted octanol–water partition coefficient (Wildman–Crippen LogP) is 4.05. The fourth-order valence-corrected chi connectivity index (χ4v) is 4.24. The molecular weight excluding hydrogens is 413 g/mol. The van der Waals surface area contributed by atoms with Crippen LogP contribution in [-0.2, 0) is 0 Å². The molecule has 1 aliphatic heterocycles. The van der Waals surface area contributed by atoms with Crippen molar-refractivity contribution in [2.75, 3.05) is 4.90 Å². The number of hydrogen-bond donors (Lipinski definition) is 0. The Balaban J connectivity index is 1.79. The summed E-state index contributed by atoms with van der Waals surface area (Å²) in [5, 5.41) is 13.0. The smallest absolute Gasteiger partial charge is 0.297 e. The molecule has 0 spiro atoms. The highest BCUT2D eigenvalue weighted by Gasteiger charge is 2.44. The number of halogens is 1. The largest absolute Gasteiger partial charge is 0.450 e. The van der Waals surface area contributed by atoms with Crippen molar-refractivity contribution in [3.8, 4) is 0 Å². The lowest BCUT2D eigenvalue weighted by molar-refractivity contribution is -0.384. The van der Waals surface area contributed by atoms with Crippen LogP contribution in [0.1, 0.15) is 27.7 Å². The van der Waals surface area contributed by atoms with E-state index in [1.54, 1.807) is 5.38 Å². The lowest BCUT2D eigenvalue weighted by atomic mass is 9.98. The van der Waals surface area contributed by atoms with Gasteiger partial charge in [0.1, 0.15) is 11.4 Å². The molecule has 0 N–H and O–H groups in total. The van der Waals surface area contributed by atoms with Crippen LogP contribution in [0.25, 0.3) is 11.0 Å². The second kappa shape index (κ2) is 6.56. The Morgan fingerprint density at radius 1 is 1.17 bits per heavy atom. The molecule has 10 heteroatoms. The topological polar surface area (TPSA) is 107 Å². The van der Waals surface area contributed by atoms with E-state index in [0.717, 1.165) is 12.1 Å². The van der Waals surface area contributed by atoms with Crippen LogP contribution in [0.15, 0.2) is 63.3 Å². The number of nitro groups is 1. The monoisotopic (exact) mass is 423 g/mol. The van der Waals surface area contributed by atoms with Crippen LogP contribution in [0.3, 0.4) is 0 Å². The second-order valence-corrected chi connectivity index (χ2v) is 7.43. The number of nitrogens with zero attached hydrogens (tertiary/aromatic N) is 3. The van der Waals surface area contributed by atoms with Crippen molar-refractivity contribution in [3.63, 3.8) is 0 Å². The number of benzene rings is 2. The first-order valence-electron chi connectivity index (χ1n) is 8.69. The summed E-state index contributed by atoms with van der Waals surface area (Å²) in [4.78, 5) is 42.4. The number of carbonyl (C=O) groups is 1. The van der Waals surface area contributed by atoms with E-state index in [4.69, 9.17) is 4.42 Å². The molecule has 30 heavy (non-hydrogen) atoms. The first kappa shape index (κ1) is 18.1. The summed E-state index contributed by atoms with van der Waals surface area (Å²) >= 11 is 1.20. The SMILES string of the molecule is O=C1c2oc3ccc(F)cc3c(=O)c2[C@H](c2ccc([N+](=O)[O-])cc2)N1c1nccs1. The molecule has 0 fully saturated rings. The van der Waals surface area contributed by atoms with Crippen molar-refractivity contribution in [3.05, 3.63) is 97.1 Å². The molecule has 148 valence electrons. The minimum Gasteiger partial charge on any atom is -0.450 e. The van der Waals surface area contributed by atoms with Gasteiger partial charge in [0, 0.05) is 23.7 Å². The number of carbonyl (C=O) groups excluding carboxylic acids is 1. The van der Waals surface area contributed by atoms with Gasteiger partial charge in [0.2, 0.25) is 5.76 Å². The maximum Gasteiger partial charge on any atom is 0.297 e. The highest BCUT2D eigenvalue weighted by molar-refractivity contribution is 7.13. The van der Waals surface area contributed by atoms with Crippen LogP contribution in [0.4, 0.5) is 15.2 Å². The summed E-state index contributed by atoms with van der Waals surface area (Å²) in [7, 11) is 0. The third kappa shape index (κ3) is 2.61. The van der Waals surface area contributed by atoms with Gasteiger partial charge < -0.3 is 4.42 Å². The molecule has 3 heterocycles. The summed E-state index contributed by atoms with van der Waals surface area (Å²) in [5.41, 5.74) is -0.0664. The zero-order valence-corrected chi connectivity index (χ0v) is 15.8. The van der Waals surface area contributed by atoms with Gasteiger partial charge >= 0.3 is 0 Å². The standard InChI is InChI=1S/C20H10FN3O5S/c21-11-3-6-14-13(9-11)17(25)15-16(10-1-4-12(5-2-10)24(27)28)23(19(26)18(15)29-14)20-22-7-8-30-20/h1-9,16H/t16-/m0/s1. The van der Waals surface area contributed by atoms with Crippen molar-refractivity contribution < 1.29 is 18.5 Å². The van der Waals surface area contributed by atoms with Gasteiger partial charge in [-0.1, -0.05) is 0 Å². The highest BCUT2D eigenvalue weighted by atomic mass is 32.1. The van der Waals surface area contributed by atoms with E-state index in [1.807, 2.05) is 0 Å². The molecule has 4 aromatic rings. The van der Waals surface area contributed by atoms with E-state index in [0.29, 0.717) is 10.7 Å². The number of fused-ring (bicyclic) bond motifs is 2. The van der Waals surface area contributed by atoms with Crippen LogP contribution in [0.2, 0.25) is 0 Å². The van der Waals surface area contributed by atoms with Crippen LogP contribution < -0.4 is 10.3 Å². The minimum absolute atomic E-state index is 0.00875. The third-order valence-corrected chi connectivity index (χ3v) is 5.65. The number of amides is 1. The Hall–Kier alpha value is -3.92. The minimum atomic E-state index is -0.914. The molecule has 1 atom stereocenters. The molecule has 1 amide bonds. The van der Waals surface area contributed by atoms with Gasteiger partial charge in [-0.25, -0.2) is 9.37 Å². The summed E-state index contributed by atoms with van der Waals surface area (Å²) < 4.78 is 19.5. The highest BCUT2D eigenvalue weighted by Crippen LogP contribution is 2.42. The molecule has 2 aromatic carbocycles. The van der Waals surface area contributed by atoms with Crippen molar-refractivity contribution >= 4 is 39.0 Å². The predicted molar refractivity (Wildman–Crippen MR) is 106 cm³/mol. The first-order chi connectivity index (χ1) is 14.5. The van der Waals surface area contributed by atoms with E-state index in [1.165, 1.54) is 52.8 Å². The van der Waals surface area contributed by atoms with Gasteiger partial charge in [-0.05, 0) is 35.9 Å². The Bertz CT molecular complexity index is 1380. The number of rotatable bonds is 3. The van der Waals surface area contributed by atoms with Crippen LogP contribution in [-0.4, -0.2) is 15.8 Å². The Morgan fingerprint density at radius 3 is 2.60 bits per heavy atom. The molecule has 1 aliphatic rings. The molecule has 0 bridgehead atoms. The van der Waals surface area contributed by atoms with Gasteiger partial charge in [0.05, 0.1) is 21.9 Å². The zero-order valence-electron chi connectivity index (χ0n) is 14.9. The Kier molecular flexibility index (Phi) is 3.97. The average Bonchev–Trinajstić information content (AvgIpc) is 3.35. The average molecular weight is 423 g/mol. The lowest BCUT2D eigenvalue weighted by Gasteiger charge is -2.22. The maximum atomic E-state index is 13.8. The number of non-ortho nitro benzene ring substituents is 1. The molecule has 0 unspecified atom stereocenters. The van der Waals surface area contributed by atoms with Crippen molar-refractivity contribution in [2.24, 2.45) is 0 Å². The summed E-state index contributed by atoms with van der Waals surface area (Å²) in [6.07, 6.45) is 1.52. The zero-order chi connectivity index (χ0) is 21.0. The number of aromatic nitrogens is 1. The van der Waals surface area contributed by atoms with Crippen molar-refractivity contribution in [1.82, 2.24) is 4.98 Å². The van der Waals surface area contributed by atoms with Gasteiger partial charge in [-0.15, -0.1) is 11.3 Å². The van der Waals surface area contributed by atoms with Crippen LogP contribution >= 0.6 is 11.3 Å². The summed E-state index contributed by atoms with van der Waals surface area (Å²) in [6.45, 7) is 0. The molecule has 5 rings (SSSR count). The third-order valence-electron chi connectivity index (χ3n) is 4.88. The van der Waals surface area contributed by atoms with Gasteiger partial charge in [0.25, 0.3) is 11.6 Å². The number of nitro benzene ring substituents is 1. The Labute approximate surface area is 171 Å². The molecular formula is C20H10FN3O5S. The molecule has 2 aromatic heterocycles. The number of thiazole rings is 1. The number of hydrogen-bond acceptors (Lipinski definition) is 7. The van der Waals surface area contributed by atoms with E-state index in [2.05, 4.69) is 4.98 Å². The maximum absolute atomic E-state index is 13.8. The van der Waals surface area contributed by atoms with Crippen molar-refractivity contribution in [1.29, 1.82) is 0 Å². The van der Waals surface area contributed by atoms with Crippen molar-refractivity contribution in [2.45, 2.75) is 6.04 Å². The van der Waals surface area contributed by atoms with Gasteiger partial charge in [0.15, 0.2) is 10.6 Å². The number of anilines is 1. The molecule has 8 nitrogen and oxygen atoms in total. The summed E-state index contributed by atoms with van der Waals surface area (Å²) in [5.74, 6) is -1.33.